The van der Waals surface area contributed by atoms with Crippen LogP contribution in [0.15, 0.2) is 0 Å². The van der Waals surface area contributed by atoms with Crippen LogP contribution in [0, 0.1) is 0 Å². The predicted octanol–water partition coefficient (Wildman–Crippen LogP) is -1.12. The van der Waals surface area contributed by atoms with E-state index in [2.05, 4.69) is 12.4 Å². The first kappa shape index (κ1) is 12.4. The molecule has 0 unspecified atom stereocenters. The van der Waals surface area contributed by atoms with Crippen molar-refractivity contribution in [1.82, 2.24) is 0 Å². The number of ether oxygens (including phenoxy) is 2. The molecule has 0 aromatic carbocycles. The van der Waals surface area contributed by atoms with Crippen LogP contribution >= 0.6 is 0 Å². The summed E-state index contributed by atoms with van der Waals surface area (Å²) in [5.41, 5.74) is 5.18. The molecule has 0 saturated heterocycles. The number of hydrogen-bond donors (Lipinski definition) is 1. The van der Waals surface area contributed by atoms with Gasteiger partial charge in [0.05, 0.1) is 13.2 Å². The molecule has 0 amide bonds. The summed E-state index contributed by atoms with van der Waals surface area (Å²) in [6.45, 7) is 1.71. The molecule has 0 fully saturated rings. The molecular formula is C7H15N2O3S+. The lowest BCUT2D eigenvalue weighted by Crippen LogP contribution is -2.20. The summed E-state index contributed by atoms with van der Waals surface area (Å²) in [6, 6.07) is 0. The second kappa shape index (κ2) is 8.03. The Kier molecular flexibility index (Phi) is 7.66. The topological polar surface area (TPSA) is 64.6 Å². The fraction of sp³-hybridized carbons (Fsp3) is 0.857. The van der Waals surface area contributed by atoms with Gasteiger partial charge in [0.25, 0.3) is 19.0 Å². The van der Waals surface area contributed by atoms with Crippen molar-refractivity contribution in [3.05, 3.63) is 0 Å². The molecule has 0 radical (unpaired) electrons. The van der Waals surface area contributed by atoms with Crippen molar-refractivity contribution in [2.45, 2.75) is 0 Å². The highest BCUT2D eigenvalue weighted by molar-refractivity contribution is 7.44. The summed E-state index contributed by atoms with van der Waals surface area (Å²) in [5, 5.41) is 0. The normalized spacial score (nSPS) is 9.69. The fourth-order valence-electron chi connectivity index (χ4n) is 0.627. The molecule has 6 heteroatoms. The van der Waals surface area contributed by atoms with Gasteiger partial charge < -0.3 is 15.2 Å². The zero-order chi connectivity index (χ0) is 10.1. The minimum absolute atomic E-state index is 0.117. The van der Waals surface area contributed by atoms with Crippen LogP contribution in [0.2, 0.25) is 0 Å². The summed E-state index contributed by atoms with van der Waals surface area (Å²) in [6.07, 6.45) is 0. The summed E-state index contributed by atoms with van der Waals surface area (Å²) < 4.78 is 11.1. The van der Waals surface area contributed by atoms with Crippen LogP contribution in [0.4, 0.5) is 0 Å². The molecule has 13 heavy (non-hydrogen) atoms. The number of carbonyl (C=O) groups is 1. The average Bonchev–Trinajstić information content (AvgIpc) is 2.02. The molecule has 5 nitrogen and oxygen atoms in total. The van der Waals surface area contributed by atoms with E-state index < -0.39 is 0 Å². The third-order valence-corrected chi connectivity index (χ3v) is 1.23. The van der Waals surface area contributed by atoms with Gasteiger partial charge in [0.2, 0.25) is 0 Å². The lowest BCUT2D eigenvalue weighted by Gasteiger charge is -2.02. The number of nitrogens with zero attached hydrogens (tertiary/aromatic N) is 1. The molecule has 0 rings (SSSR count). The van der Waals surface area contributed by atoms with E-state index in [1.807, 2.05) is 0 Å². The fourth-order valence-corrected chi connectivity index (χ4v) is 0.733. The van der Waals surface area contributed by atoms with E-state index in [1.165, 1.54) is 3.95 Å². The quantitative estimate of drug-likeness (QED) is 0.325. The van der Waals surface area contributed by atoms with E-state index in [9.17, 15) is 4.79 Å². The average molecular weight is 207 g/mol. The van der Waals surface area contributed by atoms with Crippen molar-refractivity contribution < 1.29 is 18.2 Å². The van der Waals surface area contributed by atoms with E-state index in [0.29, 0.717) is 19.8 Å². The highest BCUT2D eigenvalue weighted by Crippen LogP contribution is 1.81. The predicted molar refractivity (Wildman–Crippen MR) is 49.2 cm³/mol. The van der Waals surface area contributed by atoms with Crippen molar-refractivity contribution in [3.8, 4) is 0 Å². The molecule has 0 aliphatic rings. The van der Waals surface area contributed by atoms with Gasteiger partial charge >= 0.3 is 5.97 Å². The standard InChI is InChI=1S/C7H15N2O3S/c1-9(13)6-7(10)12-5-4-11-3-2-8/h2-6,8H2,1H3/q+1. The molecule has 0 bridgehead atoms. The molecule has 0 aliphatic carbocycles. The lowest BCUT2D eigenvalue weighted by atomic mass is 10.6. The Labute approximate surface area is 83.0 Å². The van der Waals surface area contributed by atoms with E-state index in [1.54, 1.807) is 7.05 Å². The first-order valence-electron chi connectivity index (χ1n) is 3.98. The lowest BCUT2D eigenvalue weighted by molar-refractivity contribution is -0.457. The molecular weight excluding hydrogens is 192 g/mol. The molecule has 0 aromatic heterocycles. The summed E-state index contributed by atoms with van der Waals surface area (Å²) in [7, 11) is 1.63. The van der Waals surface area contributed by atoms with E-state index in [0.717, 1.165) is 0 Å². The molecule has 76 valence electrons. The first-order chi connectivity index (χ1) is 6.16. The Morgan fingerprint density at radius 1 is 1.46 bits per heavy atom. The van der Waals surface area contributed by atoms with Crippen molar-refractivity contribution in [3.63, 3.8) is 0 Å². The Morgan fingerprint density at radius 2 is 2.15 bits per heavy atom. The SMILES string of the molecule is C[N+](=S)CC(=O)OCCOCCN. The van der Waals surface area contributed by atoms with Crippen LogP contribution in [0.3, 0.4) is 0 Å². The van der Waals surface area contributed by atoms with Crippen molar-refractivity contribution in [2.75, 3.05) is 40.0 Å². The molecule has 0 atom stereocenters. The first-order valence-corrected chi connectivity index (χ1v) is 4.35. The van der Waals surface area contributed by atoms with Gasteiger partial charge in [0.15, 0.2) is 0 Å². The minimum atomic E-state index is -0.339. The summed E-state index contributed by atoms with van der Waals surface area (Å²) in [4.78, 5) is 10.9. The molecule has 0 spiro atoms. The van der Waals surface area contributed by atoms with Crippen LogP contribution in [0.1, 0.15) is 0 Å². The van der Waals surface area contributed by atoms with Gasteiger partial charge in [0.1, 0.15) is 13.7 Å². The number of likely N-dealkylation sites (N-methyl/N-ethyl adjacent to an activating group) is 1. The zero-order valence-corrected chi connectivity index (χ0v) is 8.51. The maximum absolute atomic E-state index is 10.9. The molecule has 0 aliphatic heterocycles. The number of hydrogen-bond acceptors (Lipinski definition) is 5. The number of carbonyl (C=O) groups excluding carboxylic acids is 1. The number of nitrogens with two attached hydrogens (primary N) is 1. The highest BCUT2D eigenvalue weighted by atomic mass is 32.1. The van der Waals surface area contributed by atoms with Crippen LogP contribution in [-0.2, 0) is 26.7 Å². The highest BCUT2D eigenvalue weighted by Gasteiger charge is 2.07. The van der Waals surface area contributed by atoms with Gasteiger partial charge in [0, 0.05) is 6.54 Å². The Hall–Kier alpha value is -0.590. The van der Waals surface area contributed by atoms with Gasteiger partial charge in [-0.3, -0.25) is 0 Å². The Morgan fingerprint density at radius 3 is 2.69 bits per heavy atom. The largest absolute Gasteiger partial charge is 0.459 e. The van der Waals surface area contributed by atoms with Gasteiger partial charge in [-0.15, -0.1) is 3.95 Å². The zero-order valence-electron chi connectivity index (χ0n) is 7.69. The van der Waals surface area contributed by atoms with Crippen LogP contribution < -0.4 is 5.73 Å². The summed E-state index contributed by atoms with van der Waals surface area (Å²) in [5.74, 6) is -0.339. The monoisotopic (exact) mass is 207 g/mol. The van der Waals surface area contributed by atoms with Crippen LogP contribution in [0.25, 0.3) is 0 Å². The van der Waals surface area contributed by atoms with Crippen molar-refractivity contribution in [2.24, 2.45) is 5.73 Å². The third kappa shape index (κ3) is 9.32. The van der Waals surface area contributed by atoms with Gasteiger partial charge in [-0.25, -0.2) is 4.79 Å². The van der Waals surface area contributed by atoms with E-state index >= 15 is 0 Å². The molecule has 0 saturated carbocycles. The molecule has 0 aromatic rings. The maximum atomic E-state index is 10.9. The van der Waals surface area contributed by atoms with Gasteiger partial charge in [-0.05, 0) is 0 Å². The Balaban J connectivity index is 3.22. The summed E-state index contributed by atoms with van der Waals surface area (Å²) >= 11 is 4.66. The van der Waals surface area contributed by atoms with E-state index in [4.69, 9.17) is 15.2 Å². The maximum Gasteiger partial charge on any atom is 0.373 e. The Bertz CT molecular complexity index is 175. The van der Waals surface area contributed by atoms with Crippen molar-refractivity contribution in [1.29, 1.82) is 0 Å². The minimum Gasteiger partial charge on any atom is -0.459 e. The van der Waals surface area contributed by atoms with Gasteiger partial charge in [-0.2, -0.15) is 0 Å². The van der Waals surface area contributed by atoms with Crippen LogP contribution in [0.5, 0.6) is 0 Å². The van der Waals surface area contributed by atoms with Crippen molar-refractivity contribution >= 4 is 18.4 Å². The number of rotatable bonds is 7. The third-order valence-electron chi connectivity index (χ3n) is 1.10. The molecule has 2 N–H and O–H groups in total. The smallest absolute Gasteiger partial charge is 0.373 e. The number of esters is 1. The second-order valence-electron chi connectivity index (χ2n) is 2.41. The van der Waals surface area contributed by atoms with Gasteiger partial charge in [-0.1, -0.05) is 0 Å². The van der Waals surface area contributed by atoms with E-state index in [-0.39, 0.29) is 19.1 Å². The molecule has 0 heterocycles. The second-order valence-corrected chi connectivity index (χ2v) is 3.03. The van der Waals surface area contributed by atoms with Crippen LogP contribution in [-0.4, -0.2) is 49.9 Å².